The third kappa shape index (κ3) is 18.9. The van der Waals surface area contributed by atoms with Crippen LogP contribution in [0.2, 0.25) is 0 Å². The average Bonchev–Trinajstić information content (AvgIpc) is 3.08. The molecule has 0 aromatic carbocycles. The van der Waals surface area contributed by atoms with Crippen LogP contribution in [0.4, 0.5) is 0 Å². The van der Waals surface area contributed by atoms with Gasteiger partial charge < -0.3 is 50.5 Å². The van der Waals surface area contributed by atoms with E-state index in [-0.39, 0.29) is 12.8 Å². The van der Waals surface area contributed by atoms with Crippen molar-refractivity contribution >= 4 is 5.91 Å². The maximum absolute atomic E-state index is 12.9. The average molecular weight is 686 g/mol. The van der Waals surface area contributed by atoms with Crippen LogP contribution in [-0.2, 0) is 14.3 Å². The number of amides is 1. The van der Waals surface area contributed by atoms with Crippen LogP contribution in [-0.4, -0.2) is 110 Å². The molecule has 1 amide bonds. The fraction of sp³-hybridized carbons (Fsp3) is 0.811. The summed E-state index contributed by atoms with van der Waals surface area (Å²) < 4.78 is 11.0. The van der Waals surface area contributed by atoms with Gasteiger partial charge in [-0.2, -0.15) is 0 Å². The van der Waals surface area contributed by atoms with Crippen molar-refractivity contribution in [3.63, 3.8) is 0 Å². The summed E-state index contributed by atoms with van der Waals surface area (Å²) in [6.45, 7) is 3.12. The highest BCUT2D eigenvalue weighted by Gasteiger charge is 2.44. The highest BCUT2D eigenvalue weighted by atomic mass is 16.7. The van der Waals surface area contributed by atoms with Crippen molar-refractivity contribution in [1.29, 1.82) is 0 Å². The third-order valence-corrected chi connectivity index (χ3v) is 8.75. The summed E-state index contributed by atoms with van der Waals surface area (Å²) in [5.41, 5.74) is 0. The quantitative estimate of drug-likeness (QED) is 0.0445. The highest BCUT2D eigenvalue weighted by molar-refractivity contribution is 5.80. The Morgan fingerprint density at radius 3 is 1.90 bits per heavy atom. The van der Waals surface area contributed by atoms with Crippen molar-refractivity contribution in [2.75, 3.05) is 13.2 Å². The van der Waals surface area contributed by atoms with E-state index in [0.717, 1.165) is 44.9 Å². The third-order valence-electron chi connectivity index (χ3n) is 8.75. The van der Waals surface area contributed by atoms with E-state index in [9.17, 15) is 40.5 Å². The number of rotatable bonds is 28. The van der Waals surface area contributed by atoms with Gasteiger partial charge >= 0.3 is 0 Å². The molecule has 0 aromatic heterocycles. The van der Waals surface area contributed by atoms with E-state index in [1.807, 2.05) is 19.1 Å². The summed E-state index contributed by atoms with van der Waals surface area (Å²) in [4.78, 5) is 12.9. The molecule has 11 nitrogen and oxygen atoms in total. The van der Waals surface area contributed by atoms with Crippen LogP contribution in [0, 0.1) is 0 Å². The molecule has 11 heteroatoms. The number of carbonyl (C=O) groups excluding carboxylic acids is 1. The van der Waals surface area contributed by atoms with Gasteiger partial charge in [0, 0.05) is 0 Å². The lowest BCUT2D eigenvalue weighted by atomic mass is 9.98. The number of nitrogens with one attached hydrogen (secondary N) is 1. The van der Waals surface area contributed by atoms with Gasteiger partial charge in [0.1, 0.15) is 36.6 Å². The zero-order valence-electron chi connectivity index (χ0n) is 29.5. The Kier molecular flexibility index (Phi) is 25.9. The van der Waals surface area contributed by atoms with E-state index < -0.39 is 74.2 Å². The van der Waals surface area contributed by atoms with Crippen molar-refractivity contribution in [2.45, 2.75) is 178 Å². The molecular formula is C37H67NO10. The Balaban J connectivity index is 2.65. The molecule has 0 bridgehead atoms. The molecule has 0 spiro atoms. The highest BCUT2D eigenvalue weighted by Crippen LogP contribution is 2.23. The molecule has 1 saturated heterocycles. The summed E-state index contributed by atoms with van der Waals surface area (Å²) in [6, 6.07) is -1.19. The smallest absolute Gasteiger partial charge is 0.249 e. The van der Waals surface area contributed by atoms with Gasteiger partial charge in [-0.05, 0) is 58.3 Å². The first-order chi connectivity index (χ1) is 23.2. The van der Waals surface area contributed by atoms with Gasteiger partial charge in [0.05, 0.1) is 25.4 Å². The fourth-order valence-electron chi connectivity index (χ4n) is 5.59. The van der Waals surface area contributed by atoms with E-state index >= 15 is 0 Å². The van der Waals surface area contributed by atoms with E-state index in [0.29, 0.717) is 19.3 Å². The minimum absolute atomic E-state index is 0.240. The van der Waals surface area contributed by atoms with Crippen LogP contribution in [0.25, 0.3) is 0 Å². The van der Waals surface area contributed by atoms with Gasteiger partial charge in [0.15, 0.2) is 6.29 Å². The number of unbranched alkanes of at least 4 members (excludes halogenated alkanes) is 11. The Hall–Kier alpha value is -1.67. The second-order valence-electron chi connectivity index (χ2n) is 12.9. The van der Waals surface area contributed by atoms with Crippen LogP contribution >= 0.6 is 0 Å². The summed E-state index contributed by atoms with van der Waals surface area (Å²) in [7, 11) is 0. The van der Waals surface area contributed by atoms with E-state index in [4.69, 9.17) is 9.47 Å². The molecule has 1 heterocycles. The Morgan fingerprint density at radius 2 is 1.31 bits per heavy atom. The fourth-order valence-corrected chi connectivity index (χ4v) is 5.59. The molecule has 48 heavy (non-hydrogen) atoms. The van der Waals surface area contributed by atoms with Crippen LogP contribution in [0.3, 0.4) is 0 Å². The second kappa shape index (κ2) is 28.1. The molecule has 0 radical (unpaired) electrons. The van der Waals surface area contributed by atoms with Crippen molar-refractivity contribution < 1.29 is 50.0 Å². The molecule has 1 fully saturated rings. The molecule has 280 valence electrons. The van der Waals surface area contributed by atoms with Gasteiger partial charge in [0.2, 0.25) is 5.91 Å². The van der Waals surface area contributed by atoms with Gasteiger partial charge in [-0.1, -0.05) is 101 Å². The van der Waals surface area contributed by atoms with Crippen molar-refractivity contribution in [2.24, 2.45) is 0 Å². The van der Waals surface area contributed by atoms with Gasteiger partial charge in [-0.25, -0.2) is 0 Å². The summed E-state index contributed by atoms with van der Waals surface area (Å²) in [5.74, 6) is -0.720. The first-order valence-electron chi connectivity index (χ1n) is 18.4. The first-order valence-corrected chi connectivity index (χ1v) is 18.4. The summed E-state index contributed by atoms with van der Waals surface area (Å²) >= 11 is 0. The number of allylic oxidation sites excluding steroid dienone is 6. The SMILES string of the molecule is C/C=C/CC/C=C/CC/C=C/CCCC(O)C(O)C(COC1OC(CO)C(O)C(O)C1O)NC(=O)C(O)CCCCCCCCCCC. The molecule has 1 aliphatic heterocycles. The summed E-state index contributed by atoms with van der Waals surface area (Å²) in [6.07, 6.45) is 16.6. The molecule has 9 atom stereocenters. The normalized spacial score (nSPS) is 24.4. The number of hydrogen-bond acceptors (Lipinski definition) is 10. The number of aliphatic hydroxyl groups excluding tert-OH is 7. The monoisotopic (exact) mass is 685 g/mol. The van der Waals surface area contributed by atoms with Gasteiger partial charge in [-0.3, -0.25) is 4.79 Å². The zero-order valence-corrected chi connectivity index (χ0v) is 29.5. The van der Waals surface area contributed by atoms with Gasteiger partial charge in [0.25, 0.3) is 0 Å². The number of carbonyl (C=O) groups is 1. The van der Waals surface area contributed by atoms with Crippen LogP contribution in [0.15, 0.2) is 36.5 Å². The molecule has 9 unspecified atom stereocenters. The molecule has 0 aromatic rings. The first kappa shape index (κ1) is 44.4. The molecule has 1 aliphatic rings. The van der Waals surface area contributed by atoms with E-state index in [2.05, 4.69) is 36.5 Å². The second-order valence-corrected chi connectivity index (χ2v) is 12.9. The lowest BCUT2D eigenvalue weighted by Gasteiger charge is -2.40. The molecule has 0 saturated carbocycles. The maximum Gasteiger partial charge on any atom is 0.249 e. The molecule has 8 N–H and O–H groups in total. The minimum atomic E-state index is -1.67. The van der Waals surface area contributed by atoms with Crippen molar-refractivity contribution in [3.05, 3.63) is 36.5 Å². The lowest BCUT2D eigenvalue weighted by molar-refractivity contribution is -0.303. The number of aliphatic hydroxyl groups is 7. The van der Waals surface area contributed by atoms with Crippen molar-refractivity contribution in [3.8, 4) is 0 Å². The standard InChI is InChI=1S/C37H67NO10/c1-3-5-7-9-11-13-14-15-17-18-20-22-24-29(40)32(42)28(27-47-37-35(45)34(44)33(43)31(26-39)48-37)38-36(46)30(41)25-23-21-19-16-12-10-8-6-4-2/h3,5,11,13,17-18,28-35,37,39-45H,4,6-10,12,14-16,19-27H2,1-2H3,(H,38,46)/b5-3+,13-11+,18-17+. The maximum atomic E-state index is 12.9. The molecule has 1 rings (SSSR count). The zero-order chi connectivity index (χ0) is 35.6. The van der Waals surface area contributed by atoms with E-state index in [1.165, 1.54) is 32.1 Å². The molecular weight excluding hydrogens is 618 g/mol. The summed E-state index contributed by atoms with van der Waals surface area (Å²) in [5, 5.41) is 74.9. The molecule has 0 aliphatic carbocycles. The lowest BCUT2D eigenvalue weighted by Crippen LogP contribution is -2.60. The Labute approximate surface area is 288 Å². The van der Waals surface area contributed by atoms with Crippen LogP contribution in [0.1, 0.15) is 123 Å². The number of ether oxygens (including phenoxy) is 2. The van der Waals surface area contributed by atoms with Crippen molar-refractivity contribution in [1.82, 2.24) is 5.32 Å². The van der Waals surface area contributed by atoms with Crippen LogP contribution in [0.5, 0.6) is 0 Å². The predicted octanol–water partition coefficient (Wildman–Crippen LogP) is 3.71. The topological polar surface area (TPSA) is 189 Å². The largest absolute Gasteiger partial charge is 0.394 e. The Morgan fingerprint density at radius 1 is 0.750 bits per heavy atom. The Bertz CT molecular complexity index is 882. The number of hydrogen-bond donors (Lipinski definition) is 8. The predicted molar refractivity (Wildman–Crippen MR) is 187 cm³/mol. The van der Waals surface area contributed by atoms with E-state index in [1.54, 1.807) is 0 Å². The van der Waals surface area contributed by atoms with Crippen LogP contribution < -0.4 is 5.32 Å². The van der Waals surface area contributed by atoms with Gasteiger partial charge in [-0.15, -0.1) is 0 Å². The minimum Gasteiger partial charge on any atom is -0.394 e.